The Hall–Kier alpha value is -0.260. The molecule has 40 valence electrons. The molecule has 0 spiro atoms. The van der Waals surface area contributed by atoms with E-state index in [2.05, 4.69) is 26.3 Å². The number of rotatable bonds is 4. The SMILES string of the molecule is C=CC[CH]C[CH]C. The largest absolute Gasteiger partial charge is 0.103 e. The van der Waals surface area contributed by atoms with Gasteiger partial charge in [0.2, 0.25) is 0 Å². The summed E-state index contributed by atoms with van der Waals surface area (Å²) in [6.45, 7) is 5.64. The minimum atomic E-state index is 1.03. The molecule has 0 N–H and O–H groups in total. The molecule has 0 fully saturated rings. The lowest BCUT2D eigenvalue weighted by molar-refractivity contribution is 1.04. The summed E-state index contributed by atoms with van der Waals surface area (Å²) >= 11 is 0. The quantitative estimate of drug-likeness (QED) is 0.372. The molecule has 0 nitrogen and oxygen atoms in total. The van der Waals surface area contributed by atoms with Crippen molar-refractivity contribution < 1.29 is 0 Å². The van der Waals surface area contributed by atoms with Gasteiger partial charge >= 0.3 is 0 Å². The molecule has 0 heteroatoms. The lowest BCUT2D eigenvalue weighted by atomic mass is 10.2. The summed E-state index contributed by atoms with van der Waals surface area (Å²) in [7, 11) is 0. The number of allylic oxidation sites excluding steroid dienone is 1. The summed E-state index contributed by atoms with van der Waals surface area (Å²) < 4.78 is 0. The zero-order valence-corrected chi connectivity index (χ0v) is 4.85. The summed E-state index contributed by atoms with van der Waals surface area (Å²) in [5, 5.41) is 0. The second kappa shape index (κ2) is 5.74. The summed E-state index contributed by atoms with van der Waals surface area (Å²) in [5.41, 5.74) is 0. The summed E-state index contributed by atoms with van der Waals surface area (Å²) in [6, 6.07) is 0. The van der Waals surface area contributed by atoms with Gasteiger partial charge in [0, 0.05) is 0 Å². The smallest absolute Gasteiger partial charge is 0.0322 e. The van der Waals surface area contributed by atoms with Gasteiger partial charge in [-0.3, -0.25) is 0 Å². The number of hydrogen-bond donors (Lipinski definition) is 0. The average molecular weight is 96.2 g/mol. The molecule has 0 atom stereocenters. The van der Waals surface area contributed by atoms with Gasteiger partial charge in [0.05, 0.1) is 0 Å². The molecule has 0 aromatic carbocycles. The van der Waals surface area contributed by atoms with Crippen molar-refractivity contribution in [1.82, 2.24) is 0 Å². The van der Waals surface area contributed by atoms with E-state index < -0.39 is 0 Å². The van der Waals surface area contributed by atoms with Crippen LogP contribution < -0.4 is 0 Å². The van der Waals surface area contributed by atoms with E-state index in [1.807, 2.05) is 6.08 Å². The summed E-state index contributed by atoms with van der Waals surface area (Å²) in [6.07, 6.45) is 8.36. The number of hydrogen-bond acceptors (Lipinski definition) is 0. The van der Waals surface area contributed by atoms with E-state index in [1.165, 1.54) is 0 Å². The van der Waals surface area contributed by atoms with Crippen molar-refractivity contribution >= 4 is 0 Å². The second-order valence-corrected chi connectivity index (χ2v) is 1.46. The van der Waals surface area contributed by atoms with E-state index in [-0.39, 0.29) is 0 Å². The first-order valence-electron chi connectivity index (χ1n) is 2.62. The molecule has 0 aromatic heterocycles. The van der Waals surface area contributed by atoms with E-state index >= 15 is 0 Å². The van der Waals surface area contributed by atoms with E-state index in [4.69, 9.17) is 0 Å². The van der Waals surface area contributed by atoms with Gasteiger partial charge in [0.25, 0.3) is 0 Å². The highest BCUT2D eigenvalue weighted by Gasteiger charge is 1.78. The zero-order chi connectivity index (χ0) is 5.54. The molecule has 0 saturated carbocycles. The minimum Gasteiger partial charge on any atom is -0.103 e. The van der Waals surface area contributed by atoms with Crippen molar-refractivity contribution in [1.29, 1.82) is 0 Å². The van der Waals surface area contributed by atoms with Gasteiger partial charge in [-0.05, 0) is 25.7 Å². The first-order chi connectivity index (χ1) is 3.41. The Kier molecular flexibility index (Phi) is 5.53. The minimum absolute atomic E-state index is 1.03. The predicted molar refractivity (Wildman–Crippen MR) is 33.7 cm³/mol. The molecule has 0 rings (SSSR count). The number of unbranched alkanes of at least 4 members (excludes halogenated alkanes) is 3. The van der Waals surface area contributed by atoms with Crippen molar-refractivity contribution in [3.8, 4) is 0 Å². The Morgan fingerprint density at radius 3 is 2.57 bits per heavy atom. The van der Waals surface area contributed by atoms with Crippen LogP contribution in [0.5, 0.6) is 0 Å². The van der Waals surface area contributed by atoms with Gasteiger partial charge in [-0.25, -0.2) is 0 Å². The van der Waals surface area contributed by atoms with Crippen LogP contribution in [-0.2, 0) is 0 Å². The highest BCUT2D eigenvalue weighted by molar-refractivity contribution is 4.80. The highest BCUT2D eigenvalue weighted by atomic mass is 13.8. The van der Waals surface area contributed by atoms with Crippen LogP contribution in [0.15, 0.2) is 12.7 Å². The fraction of sp³-hybridized carbons (Fsp3) is 0.429. The third-order valence-corrected chi connectivity index (χ3v) is 0.736. The van der Waals surface area contributed by atoms with Crippen LogP contribution in [0.1, 0.15) is 19.8 Å². The van der Waals surface area contributed by atoms with Crippen molar-refractivity contribution in [2.24, 2.45) is 0 Å². The van der Waals surface area contributed by atoms with Crippen LogP contribution in [0, 0.1) is 12.8 Å². The average Bonchev–Trinajstić information content (AvgIpc) is 1.69. The van der Waals surface area contributed by atoms with Crippen molar-refractivity contribution in [2.45, 2.75) is 19.8 Å². The van der Waals surface area contributed by atoms with E-state index in [9.17, 15) is 0 Å². The van der Waals surface area contributed by atoms with E-state index in [0.717, 1.165) is 12.8 Å². The predicted octanol–water partition coefficient (Wildman–Crippen LogP) is 2.38. The summed E-state index contributed by atoms with van der Waals surface area (Å²) in [4.78, 5) is 0. The first-order valence-corrected chi connectivity index (χ1v) is 2.62. The summed E-state index contributed by atoms with van der Waals surface area (Å²) in [5.74, 6) is 0. The standard InChI is InChI=1S/C7H12/c1-3-5-7-6-4-2/h3-4,7H,1,5-6H2,2H3. The Morgan fingerprint density at radius 2 is 2.14 bits per heavy atom. The Bertz CT molecular complexity index is 37.3. The third kappa shape index (κ3) is 5.74. The molecule has 0 aliphatic rings. The van der Waals surface area contributed by atoms with E-state index in [0.29, 0.717) is 0 Å². The zero-order valence-electron chi connectivity index (χ0n) is 4.85. The molecule has 0 heterocycles. The molecule has 0 unspecified atom stereocenters. The fourth-order valence-electron chi connectivity index (χ4n) is 0.381. The van der Waals surface area contributed by atoms with Gasteiger partial charge in [-0.2, -0.15) is 0 Å². The maximum Gasteiger partial charge on any atom is -0.0322 e. The molecule has 2 radical (unpaired) electrons. The maximum absolute atomic E-state index is 3.59. The first kappa shape index (κ1) is 6.74. The third-order valence-electron chi connectivity index (χ3n) is 0.736. The molecule has 0 aliphatic carbocycles. The fourth-order valence-corrected chi connectivity index (χ4v) is 0.381. The van der Waals surface area contributed by atoms with Gasteiger partial charge in [0.15, 0.2) is 0 Å². The van der Waals surface area contributed by atoms with Crippen LogP contribution in [0.25, 0.3) is 0 Å². The van der Waals surface area contributed by atoms with Crippen molar-refractivity contribution in [2.75, 3.05) is 0 Å². The van der Waals surface area contributed by atoms with Crippen LogP contribution in [0.2, 0.25) is 0 Å². The topological polar surface area (TPSA) is 0 Å². The molecule has 0 aromatic rings. The van der Waals surface area contributed by atoms with Crippen LogP contribution in [-0.4, -0.2) is 0 Å². The monoisotopic (exact) mass is 96.1 g/mol. The molecule has 7 heavy (non-hydrogen) atoms. The van der Waals surface area contributed by atoms with Crippen LogP contribution >= 0.6 is 0 Å². The lowest BCUT2D eigenvalue weighted by Crippen LogP contribution is -1.70. The Morgan fingerprint density at radius 1 is 1.43 bits per heavy atom. The van der Waals surface area contributed by atoms with Crippen LogP contribution in [0.4, 0.5) is 0 Å². The normalized spacial score (nSPS) is 8.71. The molecular weight excluding hydrogens is 84.1 g/mol. The van der Waals surface area contributed by atoms with Gasteiger partial charge in [-0.15, -0.1) is 6.58 Å². The molecule has 0 aliphatic heterocycles. The van der Waals surface area contributed by atoms with Crippen molar-refractivity contribution in [3.05, 3.63) is 25.5 Å². The lowest BCUT2D eigenvalue weighted by Gasteiger charge is -1.86. The molecule has 0 saturated heterocycles. The Labute approximate surface area is 46.2 Å². The second-order valence-electron chi connectivity index (χ2n) is 1.46. The maximum atomic E-state index is 3.59. The highest BCUT2D eigenvalue weighted by Crippen LogP contribution is 1.94. The van der Waals surface area contributed by atoms with Gasteiger partial charge in [0.1, 0.15) is 0 Å². The van der Waals surface area contributed by atoms with Gasteiger partial charge < -0.3 is 0 Å². The van der Waals surface area contributed by atoms with Crippen LogP contribution in [0.3, 0.4) is 0 Å². The van der Waals surface area contributed by atoms with Crippen molar-refractivity contribution in [3.63, 3.8) is 0 Å². The molecule has 0 amide bonds. The Balaban J connectivity index is 2.56. The molecule has 0 bridgehead atoms. The molecular formula is C7H12. The van der Waals surface area contributed by atoms with E-state index in [1.54, 1.807) is 0 Å². The van der Waals surface area contributed by atoms with Gasteiger partial charge in [-0.1, -0.05) is 13.0 Å².